The predicted molar refractivity (Wildman–Crippen MR) is 101 cm³/mol. The fraction of sp³-hybridized carbons (Fsp3) is 0.647. The van der Waals surface area contributed by atoms with E-state index in [1.165, 1.54) is 6.55 Å². The molecule has 1 aromatic carbocycles. The molecule has 3 nitrogen and oxygen atoms in total. The van der Waals surface area contributed by atoms with Gasteiger partial charge in [-0.1, -0.05) is 26.7 Å². The third-order valence-electron chi connectivity index (χ3n) is 3.90. The molecule has 0 spiro atoms. The van der Waals surface area contributed by atoms with Gasteiger partial charge in [-0.25, -0.2) is 17.6 Å². The van der Waals surface area contributed by atoms with Crippen LogP contribution in [0.3, 0.4) is 0 Å². The van der Waals surface area contributed by atoms with Gasteiger partial charge in [0.2, 0.25) is 0 Å². The minimum atomic E-state index is -3.28. The minimum Gasteiger partial charge on any atom is -0.435 e. The van der Waals surface area contributed by atoms with Gasteiger partial charge >= 0.3 is 8.56 Å². The molecule has 2 atom stereocenters. The fourth-order valence-electron chi connectivity index (χ4n) is 2.84. The maximum absolute atomic E-state index is 14.4. The molecular formula is C17H29F4NO2Si2. The lowest BCUT2D eigenvalue weighted by atomic mass is 9.93. The van der Waals surface area contributed by atoms with Gasteiger partial charge in [-0.2, -0.15) is 0 Å². The first kappa shape index (κ1) is 23.1. The van der Waals surface area contributed by atoms with Crippen LogP contribution in [0.15, 0.2) is 0 Å². The van der Waals surface area contributed by atoms with Crippen molar-refractivity contribution in [2.45, 2.75) is 65.2 Å². The molecule has 0 aliphatic rings. The number of hydrogen-bond donors (Lipinski definition) is 2. The summed E-state index contributed by atoms with van der Waals surface area (Å²) in [5.74, 6) is -6.36. The van der Waals surface area contributed by atoms with Crippen LogP contribution in [-0.4, -0.2) is 27.8 Å². The van der Waals surface area contributed by atoms with Crippen LogP contribution in [0.25, 0.3) is 0 Å². The molecule has 2 N–H and O–H groups in total. The third-order valence-corrected chi connectivity index (χ3v) is 8.94. The van der Waals surface area contributed by atoms with Crippen molar-refractivity contribution in [1.82, 2.24) is 0 Å². The molecule has 1 aromatic rings. The second-order valence-corrected chi connectivity index (χ2v) is 15.6. The summed E-state index contributed by atoms with van der Waals surface area (Å²) in [6, 6.07) is 0. The van der Waals surface area contributed by atoms with Crippen LogP contribution in [0.1, 0.15) is 44.6 Å². The molecule has 0 radical (unpaired) electrons. The molecular weight excluding hydrogens is 382 g/mol. The Morgan fingerprint density at radius 3 is 1.92 bits per heavy atom. The van der Waals surface area contributed by atoms with E-state index in [1.807, 2.05) is 26.6 Å². The van der Waals surface area contributed by atoms with Crippen molar-refractivity contribution < 1.29 is 26.5 Å². The molecule has 0 fully saturated rings. The standard InChI is InChI=1S/C17H29F4NO2Si2/c1-7-8-9-11(2)12-13(18)15(20)17(16(21)14(12)19)22-10-26(6,23)24-25(3,4)5/h11,22-23H,7-10H2,1-6H3. The zero-order valence-corrected chi connectivity index (χ0v) is 18.3. The van der Waals surface area contributed by atoms with Crippen molar-refractivity contribution in [2.24, 2.45) is 0 Å². The monoisotopic (exact) mass is 411 g/mol. The maximum Gasteiger partial charge on any atom is 0.341 e. The lowest BCUT2D eigenvalue weighted by Crippen LogP contribution is -2.50. The van der Waals surface area contributed by atoms with E-state index >= 15 is 0 Å². The van der Waals surface area contributed by atoms with Crippen molar-refractivity contribution >= 4 is 22.6 Å². The Kier molecular flexibility index (Phi) is 7.88. The number of benzene rings is 1. The van der Waals surface area contributed by atoms with Gasteiger partial charge in [0.1, 0.15) is 5.69 Å². The molecule has 0 amide bonds. The Balaban J connectivity index is 3.12. The Labute approximate surface area is 155 Å². The summed E-state index contributed by atoms with van der Waals surface area (Å²) in [5, 5.41) is 2.31. The summed E-state index contributed by atoms with van der Waals surface area (Å²) < 4.78 is 63.1. The number of rotatable bonds is 9. The van der Waals surface area contributed by atoms with Crippen LogP contribution in [0.2, 0.25) is 26.2 Å². The van der Waals surface area contributed by atoms with Gasteiger partial charge in [-0.15, -0.1) is 0 Å². The Morgan fingerprint density at radius 2 is 1.50 bits per heavy atom. The zero-order chi connectivity index (χ0) is 20.3. The van der Waals surface area contributed by atoms with Gasteiger partial charge in [0.15, 0.2) is 31.6 Å². The number of hydrogen-bond acceptors (Lipinski definition) is 3. The summed E-state index contributed by atoms with van der Waals surface area (Å²) in [5.41, 5.74) is -1.47. The van der Waals surface area contributed by atoms with E-state index in [4.69, 9.17) is 4.12 Å². The smallest absolute Gasteiger partial charge is 0.341 e. The molecule has 0 aromatic heterocycles. The van der Waals surface area contributed by atoms with Crippen molar-refractivity contribution in [3.63, 3.8) is 0 Å². The first-order valence-corrected chi connectivity index (χ1v) is 14.8. The van der Waals surface area contributed by atoms with E-state index in [2.05, 4.69) is 5.32 Å². The molecule has 0 aliphatic carbocycles. The zero-order valence-electron chi connectivity index (χ0n) is 16.3. The minimum absolute atomic E-state index is 0.283. The second kappa shape index (κ2) is 8.85. The molecule has 150 valence electrons. The van der Waals surface area contributed by atoms with Crippen molar-refractivity contribution in [3.05, 3.63) is 28.8 Å². The van der Waals surface area contributed by atoms with E-state index in [1.54, 1.807) is 6.92 Å². The van der Waals surface area contributed by atoms with Crippen LogP contribution in [0.4, 0.5) is 23.2 Å². The molecule has 0 heterocycles. The van der Waals surface area contributed by atoms with Gasteiger partial charge in [0.25, 0.3) is 0 Å². The van der Waals surface area contributed by atoms with Crippen LogP contribution in [0.5, 0.6) is 0 Å². The second-order valence-electron chi connectivity index (χ2n) is 7.83. The first-order chi connectivity index (χ1) is 11.8. The molecule has 2 unspecified atom stereocenters. The molecule has 0 aliphatic heterocycles. The van der Waals surface area contributed by atoms with Gasteiger partial charge in [0.05, 0.1) is 6.17 Å². The van der Waals surface area contributed by atoms with E-state index in [0.29, 0.717) is 12.8 Å². The van der Waals surface area contributed by atoms with Gasteiger partial charge in [0, 0.05) is 5.56 Å². The molecule has 0 saturated heterocycles. The van der Waals surface area contributed by atoms with E-state index in [0.717, 1.165) is 6.42 Å². The Bertz CT molecular complexity index is 607. The number of anilines is 1. The number of nitrogens with one attached hydrogen (secondary N) is 1. The normalized spacial score (nSPS) is 15.7. The SMILES string of the molecule is CCCCC(C)c1c(F)c(F)c(NC[Si](C)(O)O[Si](C)(C)C)c(F)c1F. The lowest BCUT2D eigenvalue weighted by Gasteiger charge is -2.29. The Morgan fingerprint density at radius 1 is 1.00 bits per heavy atom. The summed E-state index contributed by atoms with van der Waals surface area (Å²) in [6.45, 7) is 10.5. The van der Waals surface area contributed by atoms with E-state index in [-0.39, 0.29) is 6.17 Å². The highest BCUT2D eigenvalue weighted by Gasteiger charge is 2.35. The van der Waals surface area contributed by atoms with Crippen molar-refractivity contribution in [2.75, 3.05) is 11.5 Å². The van der Waals surface area contributed by atoms with Crippen LogP contribution < -0.4 is 5.32 Å². The van der Waals surface area contributed by atoms with Crippen LogP contribution in [0, 0.1) is 23.3 Å². The van der Waals surface area contributed by atoms with Gasteiger partial charge < -0.3 is 14.2 Å². The van der Waals surface area contributed by atoms with E-state index < -0.39 is 57.3 Å². The predicted octanol–water partition coefficient (Wildman–Crippen LogP) is 5.40. The summed E-state index contributed by atoms with van der Waals surface area (Å²) in [4.78, 5) is 10.3. The van der Waals surface area contributed by atoms with Gasteiger partial charge in [-0.05, 0) is 38.5 Å². The highest BCUT2D eigenvalue weighted by Crippen LogP contribution is 2.34. The summed E-state index contributed by atoms with van der Waals surface area (Å²) in [6.07, 6.45) is 1.66. The number of halogens is 4. The molecule has 9 heteroatoms. The third kappa shape index (κ3) is 6.07. The highest BCUT2D eigenvalue weighted by molar-refractivity contribution is 6.81. The first-order valence-electron chi connectivity index (χ1n) is 8.83. The van der Waals surface area contributed by atoms with Gasteiger partial charge in [-0.3, -0.25) is 0 Å². The quantitative estimate of drug-likeness (QED) is 0.325. The summed E-state index contributed by atoms with van der Waals surface area (Å²) >= 11 is 0. The number of unbranched alkanes of at least 4 members (excludes halogenated alkanes) is 1. The average Bonchev–Trinajstić information content (AvgIpc) is 2.48. The highest BCUT2D eigenvalue weighted by atomic mass is 28.4. The van der Waals surface area contributed by atoms with Crippen molar-refractivity contribution in [3.8, 4) is 0 Å². The van der Waals surface area contributed by atoms with Crippen LogP contribution in [-0.2, 0) is 4.12 Å². The average molecular weight is 412 g/mol. The molecule has 1 rings (SSSR count). The van der Waals surface area contributed by atoms with Crippen molar-refractivity contribution in [1.29, 1.82) is 0 Å². The molecule has 26 heavy (non-hydrogen) atoms. The molecule has 0 saturated carbocycles. The fourth-order valence-corrected chi connectivity index (χ4v) is 8.91. The lowest BCUT2D eigenvalue weighted by molar-refractivity contribution is 0.381. The largest absolute Gasteiger partial charge is 0.435 e. The Hall–Kier alpha value is -0.906. The van der Waals surface area contributed by atoms with E-state index in [9.17, 15) is 22.4 Å². The maximum atomic E-state index is 14.4. The topological polar surface area (TPSA) is 41.5 Å². The van der Waals surface area contributed by atoms with Crippen LogP contribution >= 0.6 is 0 Å². The molecule has 0 bridgehead atoms. The summed E-state index contributed by atoms with van der Waals surface area (Å²) in [7, 11) is -5.36.